The highest BCUT2D eigenvalue weighted by Crippen LogP contribution is 2.22. The molecule has 0 radical (unpaired) electrons. The summed E-state index contributed by atoms with van der Waals surface area (Å²) in [5.41, 5.74) is 3.58. The molecule has 94 valence electrons. The van der Waals surface area contributed by atoms with Crippen LogP contribution in [0.2, 0.25) is 0 Å². The SMILES string of the molecule is N#Cc1cccc(-c2cccc(CCC(=O)O)c2)c1. The summed E-state index contributed by atoms with van der Waals surface area (Å²) >= 11 is 0. The highest BCUT2D eigenvalue weighted by atomic mass is 16.4. The number of benzene rings is 2. The Morgan fingerprint density at radius 2 is 1.79 bits per heavy atom. The van der Waals surface area contributed by atoms with E-state index >= 15 is 0 Å². The first-order valence-electron chi connectivity index (χ1n) is 6.00. The smallest absolute Gasteiger partial charge is 0.303 e. The molecule has 2 rings (SSSR count). The summed E-state index contributed by atoms with van der Waals surface area (Å²) in [5.74, 6) is -0.795. The molecule has 0 bridgehead atoms. The van der Waals surface area contributed by atoms with Crippen molar-refractivity contribution in [2.24, 2.45) is 0 Å². The number of rotatable bonds is 4. The van der Waals surface area contributed by atoms with E-state index in [-0.39, 0.29) is 6.42 Å². The molecule has 0 amide bonds. The van der Waals surface area contributed by atoms with E-state index in [1.165, 1.54) is 0 Å². The number of carboxylic acids is 1. The maximum Gasteiger partial charge on any atom is 0.303 e. The van der Waals surface area contributed by atoms with Gasteiger partial charge in [0.2, 0.25) is 0 Å². The van der Waals surface area contributed by atoms with Crippen molar-refractivity contribution in [1.82, 2.24) is 0 Å². The molecular formula is C16H13NO2. The lowest BCUT2D eigenvalue weighted by Gasteiger charge is -2.05. The summed E-state index contributed by atoms with van der Waals surface area (Å²) in [6.07, 6.45) is 0.642. The van der Waals surface area contributed by atoms with Crippen LogP contribution >= 0.6 is 0 Å². The first-order chi connectivity index (χ1) is 9.19. The second kappa shape index (κ2) is 5.83. The summed E-state index contributed by atoms with van der Waals surface area (Å²) in [7, 11) is 0. The second-order valence-electron chi connectivity index (χ2n) is 4.29. The standard InChI is InChI=1S/C16H13NO2/c17-11-13-4-2-6-15(10-13)14-5-1-3-12(9-14)7-8-16(18)19/h1-6,9-10H,7-8H2,(H,18,19). The summed E-state index contributed by atoms with van der Waals surface area (Å²) < 4.78 is 0. The maximum absolute atomic E-state index is 10.6. The molecule has 3 nitrogen and oxygen atoms in total. The second-order valence-corrected chi connectivity index (χ2v) is 4.29. The molecule has 0 aliphatic rings. The van der Waals surface area contributed by atoms with Crippen molar-refractivity contribution < 1.29 is 9.90 Å². The number of carboxylic acid groups (broad SMARTS) is 1. The molecule has 3 heteroatoms. The van der Waals surface area contributed by atoms with Gasteiger partial charge in [-0.1, -0.05) is 36.4 Å². The topological polar surface area (TPSA) is 61.1 Å². The molecule has 0 aromatic heterocycles. The van der Waals surface area contributed by atoms with Gasteiger partial charge in [-0.2, -0.15) is 5.26 Å². The Morgan fingerprint density at radius 3 is 2.47 bits per heavy atom. The van der Waals surface area contributed by atoms with Gasteiger partial charge in [-0.05, 0) is 35.2 Å². The molecule has 0 unspecified atom stereocenters. The van der Waals surface area contributed by atoms with Gasteiger partial charge >= 0.3 is 5.97 Å². The lowest BCUT2D eigenvalue weighted by molar-refractivity contribution is -0.136. The molecule has 0 atom stereocenters. The van der Waals surface area contributed by atoms with Gasteiger partial charge in [-0.3, -0.25) is 4.79 Å². The van der Waals surface area contributed by atoms with Crippen molar-refractivity contribution in [1.29, 1.82) is 5.26 Å². The molecular weight excluding hydrogens is 238 g/mol. The van der Waals surface area contributed by atoms with Gasteiger partial charge in [-0.25, -0.2) is 0 Å². The van der Waals surface area contributed by atoms with Crippen molar-refractivity contribution in [3.05, 3.63) is 59.7 Å². The van der Waals surface area contributed by atoms with Crippen LogP contribution in [-0.4, -0.2) is 11.1 Å². The number of aliphatic carboxylic acids is 1. The molecule has 0 fully saturated rings. The van der Waals surface area contributed by atoms with Crippen LogP contribution in [0.15, 0.2) is 48.5 Å². The van der Waals surface area contributed by atoms with Crippen molar-refractivity contribution in [2.45, 2.75) is 12.8 Å². The Bertz CT molecular complexity index is 641. The predicted octanol–water partition coefficient (Wildman–Crippen LogP) is 3.24. The minimum atomic E-state index is -0.795. The Balaban J connectivity index is 2.27. The number of nitrogens with zero attached hydrogens (tertiary/aromatic N) is 1. The van der Waals surface area contributed by atoms with Crippen LogP contribution in [0.3, 0.4) is 0 Å². The number of hydrogen-bond acceptors (Lipinski definition) is 2. The van der Waals surface area contributed by atoms with Crippen LogP contribution in [0.5, 0.6) is 0 Å². The molecule has 19 heavy (non-hydrogen) atoms. The van der Waals surface area contributed by atoms with E-state index in [1.54, 1.807) is 6.07 Å². The van der Waals surface area contributed by atoms with Crippen LogP contribution in [0.1, 0.15) is 17.5 Å². The van der Waals surface area contributed by atoms with E-state index in [4.69, 9.17) is 10.4 Å². The maximum atomic E-state index is 10.6. The predicted molar refractivity (Wildman–Crippen MR) is 72.5 cm³/mol. The fourth-order valence-electron chi connectivity index (χ4n) is 1.93. The van der Waals surface area contributed by atoms with Crippen LogP contribution in [0.25, 0.3) is 11.1 Å². The fraction of sp³-hybridized carbons (Fsp3) is 0.125. The Hall–Kier alpha value is -2.60. The van der Waals surface area contributed by atoms with E-state index in [0.717, 1.165) is 16.7 Å². The summed E-state index contributed by atoms with van der Waals surface area (Å²) in [4.78, 5) is 10.6. The van der Waals surface area contributed by atoms with Gasteiger partial charge in [-0.15, -0.1) is 0 Å². The van der Waals surface area contributed by atoms with Crippen LogP contribution in [0, 0.1) is 11.3 Å². The van der Waals surface area contributed by atoms with Gasteiger partial charge in [0.05, 0.1) is 11.6 Å². The monoisotopic (exact) mass is 251 g/mol. The van der Waals surface area contributed by atoms with E-state index in [1.807, 2.05) is 42.5 Å². The molecule has 0 saturated carbocycles. The van der Waals surface area contributed by atoms with Crippen molar-refractivity contribution in [3.8, 4) is 17.2 Å². The molecule has 0 saturated heterocycles. The minimum Gasteiger partial charge on any atom is -0.481 e. The van der Waals surface area contributed by atoms with Crippen molar-refractivity contribution in [3.63, 3.8) is 0 Å². The number of hydrogen-bond donors (Lipinski definition) is 1. The highest BCUT2D eigenvalue weighted by molar-refractivity contribution is 5.68. The summed E-state index contributed by atoms with van der Waals surface area (Å²) in [6, 6.07) is 17.2. The molecule has 0 aliphatic heterocycles. The number of nitriles is 1. The molecule has 2 aromatic carbocycles. The zero-order valence-corrected chi connectivity index (χ0v) is 10.3. The third kappa shape index (κ3) is 3.43. The van der Waals surface area contributed by atoms with Crippen molar-refractivity contribution in [2.75, 3.05) is 0 Å². The summed E-state index contributed by atoms with van der Waals surface area (Å²) in [5, 5.41) is 17.6. The zero-order valence-electron chi connectivity index (χ0n) is 10.3. The number of aryl methyl sites for hydroxylation is 1. The summed E-state index contributed by atoms with van der Waals surface area (Å²) in [6.45, 7) is 0. The van der Waals surface area contributed by atoms with E-state index in [0.29, 0.717) is 12.0 Å². The molecule has 1 N–H and O–H groups in total. The van der Waals surface area contributed by atoms with E-state index < -0.39 is 5.97 Å². The van der Waals surface area contributed by atoms with Crippen LogP contribution < -0.4 is 0 Å². The van der Waals surface area contributed by atoms with E-state index in [2.05, 4.69) is 6.07 Å². The zero-order chi connectivity index (χ0) is 13.7. The highest BCUT2D eigenvalue weighted by Gasteiger charge is 2.03. The van der Waals surface area contributed by atoms with E-state index in [9.17, 15) is 4.79 Å². The average Bonchev–Trinajstić information content (AvgIpc) is 2.45. The van der Waals surface area contributed by atoms with Crippen LogP contribution in [-0.2, 0) is 11.2 Å². The Morgan fingerprint density at radius 1 is 1.11 bits per heavy atom. The third-order valence-corrected chi connectivity index (χ3v) is 2.88. The van der Waals surface area contributed by atoms with Gasteiger partial charge in [0.15, 0.2) is 0 Å². The Kier molecular flexibility index (Phi) is 3.94. The van der Waals surface area contributed by atoms with Gasteiger partial charge in [0, 0.05) is 6.42 Å². The minimum absolute atomic E-state index is 0.127. The average molecular weight is 251 g/mol. The first kappa shape index (κ1) is 12.8. The Labute approximate surface area is 111 Å². The quantitative estimate of drug-likeness (QED) is 0.907. The first-order valence-corrected chi connectivity index (χ1v) is 6.00. The molecule has 0 spiro atoms. The molecule has 0 aliphatic carbocycles. The number of carbonyl (C=O) groups is 1. The molecule has 0 heterocycles. The van der Waals surface area contributed by atoms with Crippen LogP contribution in [0.4, 0.5) is 0 Å². The van der Waals surface area contributed by atoms with Gasteiger partial charge in [0.1, 0.15) is 0 Å². The normalized spacial score (nSPS) is 9.84. The lowest BCUT2D eigenvalue weighted by atomic mass is 10.00. The molecule has 2 aromatic rings. The van der Waals surface area contributed by atoms with Crippen molar-refractivity contribution >= 4 is 5.97 Å². The van der Waals surface area contributed by atoms with Gasteiger partial charge < -0.3 is 5.11 Å². The third-order valence-electron chi connectivity index (χ3n) is 2.88. The lowest BCUT2D eigenvalue weighted by Crippen LogP contribution is -1.97. The van der Waals surface area contributed by atoms with Gasteiger partial charge in [0.25, 0.3) is 0 Å². The largest absolute Gasteiger partial charge is 0.481 e. The fourth-order valence-corrected chi connectivity index (χ4v) is 1.93.